The summed E-state index contributed by atoms with van der Waals surface area (Å²) in [7, 11) is 0. The molecule has 128 valence electrons. The molecule has 0 radical (unpaired) electrons. The molecule has 1 amide bonds. The number of thiophene rings is 1. The number of piperazine rings is 1. The van der Waals surface area contributed by atoms with Crippen LogP contribution in [0.3, 0.4) is 0 Å². The number of carbonyl (C=O) groups is 1. The van der Waals surface area contributed by atoms with Crippen LogP contribution in [-0.2, 0) is 11.3 Å². The van der Waals surface area contributed by atoms with Crippen molar-refractivity contribution in [3.05, 3.63) is 51.2 Å². The number of halogens is 1. The normalized spacial score (nSPS) is 16.2. The Kier molecular flexibility index (Phi) is 5.89. The number of nitrogens with zero attached hydrogens (tertiary/aromatic N) is 2. The number of carbonyl (C=O) groups excluding carboxylic acids is 1. The van der Waals surface area contributed by atoms with E-state index < -0.39 is 0 Å². The molecule has 0 unspecified atom stereocenters. The summed E-state index contributed by atoms with van der Waals surface area (Å²) >= 11 is 7.75. The maximum absolute atomic E-state index is 12.3. The van der Waals surface area contributed by atoms with Crippen molar-refractivity contribution in [3.63, 3.8) is 0 Å². The van der Waals surface area contributed by atoms with E-state index in [9.17, 15) is 4.79 Å². The first-order chi connectivity index (χ1) is 11.6. The van der Waals surface area contributed by atoms with Gasteiger partial charge in [-0.15, -0.1) is 11.3 Å². The van der Waals surface area contributed by atoms with Crippen LogP contribution < -0.4 is 5.32 Å². The fraction of sp³-hybridized carbons (Fsp3) is 0.389. The number of rotatable bonds is 5. The highest BCUT2D eigenvalue weighted by Gasteiger charge is 2.19. The monoisotopic (exact) mass is 363 g/mol. The molecule has 1 N–H and O–H groups in total. The van der Waals surface area contributed by atoms with Crippen molar-refractivity contribution in [1.29, 1.82) is 0 Å². The van der Waals surface area contributed by atoms with E-state index in [1.807, 2.05) is 19.1 Å². The number of aryl methyl sites for hydroxylation is 1. The van der Waals surface area contributed by atoms with E-state index >= 15 is 0 Å². The minimum atomic E-state index is 0.0344. The summed E-state index contributed by atoms with van der Waals surface area (Å²) in [6, 6.07) is 9.79. The van der Waals surface area contributed by atoms with Gasteiger partial charge in [-0.1, -0.05) is 17.7 Å². The second kappa shape index (κ2) is 8.12. The van der Waals surface area contributed by atoms with Crippen LogP contribution in [0.5, 0.6) is 0 Å². The molecule has 0 aliphatic carbocycles. The number of hydrogen-bond acceptors (Lipinski definition) is 4. The maximum Gasteiger partial charge on any atom is 0.238 e. The molecule has 2 heterocycles. The fourth-order valence-corrected chi connectivity index (χ4v) is 3.86. The van der Waals surface area contributed by atoms with Gasteiger partial charge in [0.05, 0.1) is 6.54 Å². The van der Waals surface area contributed by atoms with Crippen LogP contribution in [0.1, 0.15) is 10.4 Å². The van der Waals surface area contributed by atoms with Crippen LogP contribution in [0.2, 0.25) is 5.02 Å². The molecule has 1 fully saturated rings. The smallest absolute Gasteiger partial charge is 0.238 e. The van der Waals surface area contributed by atoms with Gasteiger partial charge in [-0.25, -0.2) is 0 Å². The fourth-order valence-electron chi connectivity index (χ4n) is 2.89. The Bertz CT molecular complexity index is 682. The molecule has 3 rings (SSSR count). The highest BCUT2D eigenvalue weighted by Crippen LogP contribution is 2.19. The second-order valence-corrected chi connectivity index (χ2v) is 7.61. The van der Waals surface area contributed by atoms with Crippen LogP contribution in [0.15, 0.2) is 35.7 Å². The molecule has 1 aromatic heterocycles. The zero-order valence-electron chi connectivity index (χ0n) is 13.8. The first kappa shape index (κ1) is 17.4. The van der Waals surface area contributed by atoms with Gasteiger partial charge in [-0.05, 0) is 42.1 Å². The van der Waals surface area contributed by atoms with Gasteiger partial charge in [-0.3, -0.25) is 14.6 Å². The molecular formula is C18H22ClN3OS. The van der Waals surface area contributed by atoms with E-state index in [-0.39, 0.29) is 5.91 Å². The molecule has 0 bridgehead atoms. The number of benzene rings is 1. The van der Waals surface area contributed by atoms with E-state index in [1.165, 1.54) is 4.88 Å². The average Bonchev–Trinajstić information content (AvgIpc) is 3.05. The van der Waals surface area contributed by atoms with Gasteiger partial charge < -0.3 is 5.32 Å². The van der Waals surface area contributed by atoms with Crippen molar-refractivity contribution >= 4 is 34.5 Å². The lowest BCUT2D eigenvalue weighted by atomic mass is 10.2. The summed E-state index contributed by atoms with van der Waals surface area (Å²) in [6.07, 6.45) is 0. The number of amides is 1. The standard InChI is InChI=1S/C18H22ClN3OS/c1-14-11-15(19)4-5-17(14)20-18(23)13-22-8-6-21(7-9-22)12-16-3-2-10-24-16/h2-5,10-11H,6-9,12-13H2,1H3,(H,20,23). The molecule has 24 heavy (non-hydrogen) atoms. The molecule has 6 heteroatoms. The predicted molar refractivity (Wildman–Crippen MR) is 101 cm³/mol. The molecule has 1 aromatic carbocycles. The van der Waals surface area contributed by atoms with Gasteiger partial charge in [0.15, 0.2) is 0 Å². The summed E-state index contributed by atoms with van der Waals surface area (Å²) in [4.78, 5) is 18.3. The lowest BCUT2D eigenvalue weighted by molar-refractivity contribution is -0.117. The Hall–Kier alpha value is -1.40. The summed E-state index contributed by atoms with van der Waals surface area (Å²) < 4.78 is 0. The zero-order chi connectivity index (χ0) is 16.9. The third kappa shape index (κ3) is 4.80. The zero-order valence-corrected chi connectivity index (χ0v) is 15.4. The maximum atomic E-state index is 12.3. The highest BCUT2D eigenvalue weighted by atomic mass is 35.5. The minimum absolute atomic E-state index is 0.0344. The Morgan fingerprint density at radius 1 is 1.21 bits per heavy atom. The quantitative estimate of drug-likeness (QED) is 0.883. The van der Waals surface area contributed by atoms with Crippen molar-refractivity contribution in [2.75, 3.05) is 38.0 Å². The SMILES string of the molecule is Cc1cc(Cl)ccc1NC(=O)CN1CCN(Cc2cccs2)CC1. The van der Waals surface area contributed by atoms with Crippen molar-refractivity contribution in [1.82, 2.24) is 9.80 Å². The topological polar surface area (TPSA) is 35.6 Å². The molecule has 4 nitrogen and oxygen atoms in total. The molecule has 2 aromatic rings. The van der Waals surface area contributed by atoms with E-state index in [0.29, 0.717) is 11.6 Å². The van der Waals surface area contributed by atoms with Crippen molar-refractivity contribution in [2.24, 2.45) is 0 Å². The summed E-state index contributed by atoms with van der Waals surface area (Å²) in [6.45, 7) is 7.27. The minimum Gasteiger partial charge on any atom is -0.325 e. The molecular weight excluding hydrogens is 342 g/mol. The Morgan fingerprint density at radius 3 is 2.62 bits per heavy atom. The molecule has 0 saturated carbocycles. The van der Waals surface area contributed by atoms with E-state index in [0.717, 1.165) is 44.0 Å². The molecule has 1 aliphatic heterocycles. The highest BCUT2D eigenvalue weighted by molar-refractivity contribution is 7.09. The molecule has 0 atom stereocenters. The number of anilines is 1. The largest absolute Gasteiger partial charge is 0.325 e. The van der Waals surface area contributed by atoms with E-state index in [2.05, 4.69) is 32.6 Å². The van der Waals surface area contributed by atoms with Crippen LogP contribution in [-0.4, -0.2) is 48.4 Å². The van der Waals surface area contributed by atoms with Crippen LogP contribution in [0.4, 0.5) is 5.69 Å². The summed E-state index contributed by atoms with van der Waals surface area (Å²) in [5.41, 5.74) is 1.82. The first-order valence-electron chi connectivity index (χ1n) is 8.13. The van der Waals surface area contributed by atoms with Gasteiger partial charge in [0.1, 0.15) is 0 Å². The van der Waals surface area contributed by atoms with Crippen molar-refractivity contribution in [3.8, 4) is 0 Å². The average molecular weight is 364 g/mol. The van der Waals surface area contributed by atoms with Crippen LogP contribution in [0.25, 0.3) is 0 Å². The third-order valence-corrected chi connectivity index (χ3v) is 5.35. The molecule has 0 spiro atoms. The lowest BCUT2D eigenvalue weighted by Crippen LogP contribution is -2.48. The van der Waals surface area contributed by atoms with Gasteiger partial charge in [0.2, 0.25) is 5.91 Å². The Labute approximate surface area is 152 Å². The Morgan fingerprint density at radius 2 is 1.96 bits per heavy atom. The van der Waals surface area contributed by atoms with Crippen LogP contribution >= 0.6 is 22.9 Å². The third-order valence-electron chi connectivity index (χ3n) is 4.25. The van der Waals surface area contributed by atoms with Gasteiger partial charge in [0.25, 0.3) is 0 Å². The van der Waals surface area contributed by atoms with Crippen molar-refractivity contribution < 1.29 is 4.79 Å². The van der Waals surface area contributed by atoms with E-state index in [1.54, 1.807) is 17.4 Å². The Balaban J connectivity index is 1.44. The van der Waals surface area contributed by atoms with Gasteiger partial charge in [-0.2, -0.15) is 0 Å². The second-order valence-electron chi connectivity index (χ2n) is 6.14. The number of nitrogens with one attached hydrogen (secondary N) is 1. The van der Waals surface area contributed by atoms with Gasteiger partial charge in [0, 0.05) is 48.3 Å². The lowest BCUT2D eigenvalue weighted by Gasteiger charge is -2.34. The summed E-state index contributed by atoms with van der Waals surface area (Å²) in [5.74, 6) is 0.0344. The predicted octanol–water partition coefficient (Wildman–Crippen LogP) is 3.47. The molecule has 1 saturated heterocycles. The van der Waals surface area contributed by atoms with Gasteiger partial charge >= 0.3 is 0 Å². The van der Waals surface area contributed by atoms with E-state index in [4.69, 9.17) is 11.6 Å². The summed E-state index contributed by atoms with van der Waals surface area (Å²) in [5, 5.41) is 5.79. The van der Waals surface area contributed by atoms with Crippen molar-refractivity contribution in [2.45, 2.75) is 13.5 Å². The van der Waals surface area contributed by atoms with Crippen LogP contribution in [0, 0.1) is 6.92 Å². The first-order valence-corrected chi connectivity index (χ1v) is 9.39. The molecule has 1 aliphatic rings. The number of hydrogen-bond donors (Lipinski definition) is 1.